The van der Waals surface area contributed by atoms with Crippen LogP contribution in [0.5, 0.6) is 5.75 Å². The van der Waals surface area contributed by atoms with Crippen LogP contribution in [0.3, 0.4) is 0 Å². The van der Waals surface area contributed by atoms with Gasteiger partial charge in [0.25, 0.3) is 0 Å². The van der Waals surface area contributed by atoms with Crippen LogP contribution in [0.15, 0.2) is 30.5 Å². The standard InChI is InChI=1S/C18H24N4O/c1-3-17-20-12-16(22-9-7-14(19)8-10-22)18(21-17)13-5-4-6-15(11-13)23-2/h4-6,11-12,14H,3,7-10,19H2,1-2H3. The van der Waals surface area contributed by atoms with Gasteiger partial charge in [0.15, 0.2) is 0 Å². The third kappa shape index (κ3) is 3.45. The number of nitrogens with two attached hydrogens (primary N) is 1. The summed E-state index contributed by atoms with van der Waals surface area (Å²) in [5.41, 5.74) is 9.16. The summed E-state index contributed by atoms with van der Waals surface area (Å²) < 4.78 is 5.36. The predicted octanol–water partition coefficient (Wildman–Crippen LogP) is 2.64. The van der Waals surface area contributed by atoms with Crippen LogP contribution in [0.1, 0.15) is 25.6 Å². The molecule has 0 saturated carbocycles. The fraction of sp³-hybridized carbons (Fsp3) is 0.444. The number of piperidine rings is 1. The Balaban J connectivity index is 2.02. The Bertz CT molecular complexity index is 666. The number of hydrogen-bond acceptors (Lipinski definition) is 5. The van der Waals surface area contributed by atoms with Crippen molar-refractivity contribution in [3.8, 4) is 17.0 Å². The Morgan fingerprint density at radius 3 is 2.78 bits per heavy atom. The van der Waals surface area contributed by atoms with Gasteiger partial charge in [-0.05, 0) is 25.0 Å². The monoisotopic (exact) mass is 312 g/mol. The maximum atomic E-state index is 6.03. The van der Waals surface area contributed by atoms with Gasteiger partial charge in [-0.2, -0.15) is 0 Å². The van der Waals surface area contributed by atoms with E-state index >= 15 is 0 Å². The molecular weight excluding hydrogens is 288 g/mol. The molecule has 5 heteroatoms. The summed E-state index contributed by atoms with van der Waals surface area (Å²) in [6, 6.07) is 8.36. The summed E-state index contributed by atoms with van der Waals surface area (Å²) in [6.45, 7) is 3.98. The summed E-state index contributed by atoms with van der Waals surface area (Å²) >= 11 is 0. The minimum atomic E-state index is 0.308. The first kappa shape index (κ1) is 15.7. The van der Waals surface area contributed by atoms with E-state index in [2.05, 4.69) is 22.9 Å². The number of benzene rings is 1. The van der Waals surface area contributed by atoms with Gasteiger partial charge in [-0.1, -0.05) is 19.1 Å². The van der Waals surface area contributed by atoms with E-state index in [0.717, 1.165) is 60.9 Å². The van der Waals surface area contributed by atoms with Crippen LogP contribution >= 0.6 is 0 Å². The zero-order valence-electron chi connectivity index (χ0n) is 13.8. The number of anilines is 1. The third-order valence-electron chi connectivity index (χ3n) is 4.36. The predicted molar refractivity (Wildman–Crippen MR) is 92.8 cm³/mol. The van der Waals surface area contributed by atoms with Gasteiger partial charge >= 0.3 is 0 Å². The number of nitrogens with zero attached hydrogens (tertiary/aromatic N) is 3. The van der Waals surface area contributed by atoms with E-state index in [1.807, 2.05) is 24.4 Å². The molecule has 1 saturated heterocycles. The topological polar surface area (TPSA) is 64.3 Å². The number of hydrogen-bond donors (Lipinski definition) is 1. The van der Waals surface area contributed by atoms with Crippen molar-refractivity contribution in [2.45, 2.75) is 32.2 Å². The largest absolute Gasteiger partial charge is 0.497 e. The highest BCUT2D eigenvalue weighted by molar-refractivity contribution is 5.75. The number of methoxy groups -OCH3 is 1. The maximum Gasteiger partial charge on any atom is 0.128 e. The molecule has 0 aliphatic carbocycles. The number of aryl methyl sites for hydroxylation is 1. The van der Waals surface area contributed by atoms with Gasteiger partial charge in [0.05, 0.1) is 24.7 Å². The molecule has 0 atom stereocenters. The summed E-state index contributed by atoms with van der Waals surface area (Å²) in [7, 11) is 1.68. The van der Waals surface area contributed by atoms with Crippen LogP contribution in [-0.2, 0) is 6.42 Å². The molecule has 5 nitrogen and oxygen atoms in total. The van der Waals surface area contributed by atoms with Crippen LogP contribution < -0.4 is 15.4 Å². The molecule has 1 fully saturated rings. The van der Waals surface area contributed by atoms with Crippen molar-refractivity contribution in [3.05, 3.63) is 36.3 Å². The molecule has 23 heavy (non-hydrogen) atoms. The first-order valence-electron chi connectivity index (χ1n) is 8.22. The minimum absolute atomic E-state index is 0.308. The molecule has 0 radical (unpaired) electrons. The smallest absolute Gasteiger partial charge is 0.128 e. The number of ether oxygens (including phenoxy) is 1. The van der Waals surface area contributed by atoms with Crippen molar-refractivity contribution in [2.75, 3.05) is 25.1 Å². The van der Waals surface area contributed by atoms with Gasteiger partial charge < -0.3 is 15.4 Å². The molecule has 2 aromatic rings. The van der Waals surface area contributed by atoms with Gasteiger partial charge in [-0.25, -0.2) is 9.97 Å². The summed E-state index contributed by atoms with van der Waals surface area (Å²) in [5, 5.41) is 0. The van der Waals surface area contributed by atoms with E-state index in [-0.39, 0.29) is 0 Å². The van der Waals surface area contributed by atoms with Crippen LogP contribution in [0.2, 0.25) is 0 Å². The van der Waals surface area contributed by atoms with Crippen molar-refractivity contribution in [1.29, 1.82) is 0 Å². The summed E-state index contributed by atoms with van der Waals surface area (Å²) in [5.74, 6) is 1.70. The second-order valence-electron chi connectivity index (χ2n) is 5.93. The normalized spacial score (nSPS) is 15.7. The van der Waals surface area contributed by atoms with E-state index in [1.165, 1.54) is 0 Å². The van der Waals surface area contributed by atoms with Crippen molar-refractivity contribution in [1.82, 2.24) is 9.97 Å². The molecule has 2 N–H and O–H groups in total. The Kier molecular flexibility index (Phi) is 4.76. The highest BCUT2D eigenvalue weighted by Gasteiger charge is 2.21. The van der Waals surface area contributed by atoms with E-state index in [0.29, 0.717) is 6.04 Å². The van der Waals surface area contributed by atoms with Crippen LogP contribution in [0.4, 0.5) is 5.69 Å². The second kappa shape index (κ2) is 6.96. The highest BCUT2D eigenvalue weighted by Crippen LogP contribution is 2.32. The Labute approximate surface area is 137 Å². The van der Waals surface area contributed by atoms with Crippen LogP contribution in [0.25, 0.3) is 11.3 Å². The van der Waals surface area contributed by atoms with E-state index < -0.39 is 0 Å². The number of rotatable bonds is 4. The lowest BCUT2D eigenvalue weighted by atomic mass is 10.0. The van der Waals surface area contributed by atoms with Gasteiger partial charge in [0.2, 0.25) is 0 Å². The summed E-state index contributed by atoms with van der Waals surface area (Å²) in [4.78, 5) is 11.6. The molecule has 122 valence electrons. The van der Waals surface area contributed by atoms with Crippen molar-refractivity contribution < 1.29 is 4.74 Å². The van der Waals surface area contributed by atoms with E-state index in [1.54, 1.807) is 7.11 Å². The molecule has 1 aliphatic heterocycles. The molecule has 0 amide bonds. The molecule has 1 aromatic carbocycles. The lowest BCUT2D eigenvalue weighted by Gasteiger charge is -2.32. The van der Waals surface area contributed by atoms with Crippen molar-refractivity contribution in [3.63, 3.8) is 0 Å². The summed E-state index contributed by atoms with van der Waals surface area (Å²) in [6.07, 6.45) is 4.79. The lowest BCUT2D eigenvalue weighted by Crippen LogP contribution is -2.40. The highest BCUT2D eigenvalue weighted by atomic mass is 16.5. The van der Waals surface area contributed by atoms with Gasteiger partial charge in [0.1, 0.15) is 11.6 Å². The number of aromatic nitrogens is 2. The first-order chi connectivity index (χ1) is 11.2. The fourth-order valence-corrected chi connectivity index (χ4v) is 2.94. The second-order valence-corrected chi connectivity index (χ2v) is 5.93. The Morgan fingerprint density at radius 2 is 2.09 bits per heavy atom. The molecule has 2 heterocycles. The zero-order valence-corrected chi connectivity index (χ0v) is 13.8. The minimum Gasteiger partial charge on any atom is -0.497 e. The molecule has 1 aliphatic rings. The average Bonchev–Trinajstić information content (AvgIpc) is 2.62. The molecule has 0 bridgehead atoms. The molecule has 0 spiro atoms. The zero-order chi connectivity index (χ0) is 16.2. The molecular formula is C18H24N4O. The van der Waals surface area contributed by atoms with E-state index in [4.69, 9.17) is 15.5 Å². The average molecular weight is 312 g/mol. The maximum absolute atomic E-state index is 6.03. The van der Waals surface area contributed by atoms with E-state index in [9.17, 15) is 0 Å². The van der Waals surface area contributed by atoms with Gasteiger partial charge in [0, 0.05) is 31.1 Å². The van der Waals surface area contributed by atoms with Gasteiger partial charge in [-0.15, -0.1) is 0 Å². The Hall–Kier alpha value is -2.14. The third-order valence-corrected chi connectivity index (χ3v) is 4.36. The quantitative estimate of drug-likeness (QED) is 0.940. The lowest BCUT2D eigenvalue weighted by molar-refractivity contribution is 0.415. The SMILES string of the molecule is CCc1ncc(N2CCC(N)CC2)c(-c2cccc(OC)c2)n1. The molecule has 0 unspecified atom stereocenters. The van der Waals surface area contributed by atoms with Crippen molar-refractivity contribution >= 4 is 5.69 Å². The first-order valence-corrected chi connectivity index (χ1v) is 8.22. The van der Waals surface area contributed by atoms with Crippen LogP contribution in [-0.4, -0.2) is 36.2 Å². The molecule has 3 rings (SSSR count). The van der Waals surface area contributed by atoms with Crippen molar-refractivity contribution in [2.24, 2.45) is 5.73 Å². The molecule has 1 aromatic heterocycles. The van der Waals surface area contributed by atoms with Crippen LogP contribution in [0, 0.1) is 0 Å². The Morgan fingerprint density at radius 1 is 1.30 bits per heavy atom. The van der Waals surface area contributed by atoms with Gasteiger partial charge in [-0.3, -0.25) is 0 Å². The fourth-order valence-electron chi connectivity index (χ4n) is 2.94.